The average Bonchev–Trinajstić information content (AvgIpc) is 2.67. The third-order valence-electron chi connectivity index (χ3n) is 1.57. The van der Waals surface area contributed by atoms with Crippen LogP contribution in [0.1, 0.15) is 10.4 Å². The van der Waals surface area contributed by atoms with Crippen LogP contribution in [0.25, 0.3) is 10.7 Å². The van der Waals surface area contributed by atoms with E-state index in [2.05, 4.69) is 14.3 Å². The van der Waals surface area contributed by atoms with Crippen molar-refractivity contribution in [1.29, 1.82) is 0 Å². The first kappa shape index (κ1) is 8.76. The Labute approximate surface area is 83.2 Å². The fraction of sp³-hybridized carbons (Fsp3) is 0. The molecule has 2 aromatic rings. The van der Waals surface area contributed by atoms with Crippen LogP contribution in [0, 0.1) is 0 Å². The molecule has 2 heterocycles. The van der Waals surface area contributed by atoms with Gasteiger partial charge in [-0.25, -0.2) is 14.8 Å². The van der Waals surface area contributed by atoms with E-state index in [0.717, 1.165) is 11.5 Å². The molecule has 0 unspecified atom stereocenters. The van der Waals surface area contributed by atoms with E-state index in [9.17, 15) is 4.79 Å². The summed E-state index contributed by atoms with van der Waals surface area (Å²) in [6.07, 6.45) is 4.43. The largest absolute Gasteiger partial charge is 0.478 e. The van der Waals surface area contributed by atoms with Crippen LogP contribution < -0.4 is 0 Å². The number of carbonyl (C=O) groups is 1. The molecular weight excluding hydrogens is 202 g/mol. The maximum atomic E-state index is 10.8. The number of carboxylic acids is 1. The molecule has 14 heavy (non-hydrogen) atoms. The van der Waals surface area contributed by atoms with E-state index >= 15 is 0 Å². The van der Waals surface area contributed by atoms with Gasteiger partial charge in [0.25, 0.3) is 0 Å². The summed E-state index contributed by atoms with van der Waals surface area (Å²) in [6, 6.07) is 1.67. The molecule has 0 radical (unpaired) electrons. The van der Waals surface area contributed by atoms with Gasteiger partial charge in [-0.3, -0.25) is 0 Å². The van der Waals surface area contributed by atoms with Crippen molar-refractivity contribution < 1.29 is 9.90 Å². The molecule has 5 nitrogen and oxygen atoms in total. The highest BCUT2D eigenvalue weighted by molar-refractivity contribution is 7.09. The first-order valence-electron chi connectivity index (χ1n) is 3.74. The topological polar surface area (TPSA) is 76.0 Å². The van der Waals surface area contributed by atoms with Crippen LogP contribution in [-0.4, -0.2) is 25.4 Å². The van der Waals surface area contributed by atoms with Crippen molar-refractivity contribution in [3.8, 4) is 10.7 Å². The predicted octanol–water partition coefficient (Wildman–Crippen LogP) is 1.30. The Morgan fingerprint density at radius 1 is 1.36 bits per heavy atom. The summed E-state index contributed by atoms with van der Waals surface area (Å²) in [4.78, 5) is 19.2. The average molecular weight is 207 g/mol. The van der Waals surface area contributed by atoms with Gasteiger partial charge in [0.1, 0.15) is 10.4 Å². The van der Waals surface area contributed by atoms with E-state index < -0.39 is 5.97 Å². The van der Waals surface area contributed by atoms with Gasteiger partial charge in [-0.05, 0) is 17.6 Å². The third-order valence-corrected chi connectivity index (χ3v) is 2.37. The molecule has 6 heteroatoms. The Morgan fingerprint density at radius 3 is 2.71 bits per heavy atom. The van der Waals surface area contributed by atoms with Gasteiger partial charge in [-0.15, -0.1) is 0 Å². The van der Waals surface area contributed by atoms with Gasteiger partial charge in [0.2, 0.25) is 0 Å². The first-order valence-corrected chi connectivity index (χ1v) is 4.51. The lowest BCUT2D eigenvalue weighted by atomic mass is 10.3. The first-order chi connectivity index (χ1) is 6.79. The molecule has 0 aliphatic carbocycles. The summed E-state index contributed by atoms with van der Waals surface area (Å²) in [7, 11) is 0. The Balaban J connectivity index is 2.52. The molecule has 0 amide bonds. The smallest absolute Gasteiger partial charge is 0.338 e. The molecule has 0 aliphatic heterocycles. The van der Waals surface area contributed by atoms with Crippen molar-refractivity contribution in [3.63, 3.8) is 0 Å². The Bertz CT molecular complexity index is 455. The number of hydrogen-bond donors (Lipinski definition) is 1. The Morgan fingerprint density at radius 2 is 2.07 bits per heavy atom. The number of rotatable bonds is 2. The zero-order valence-electron chi connectivity index (χ0n) is 6.91. The molecule has 2 aromatic heterocycles. The quantitative estimate of drug-likeness (QED) is 0.803. The van der Waals surface area contributed by atoms with Crippen LogP contribution in [-0.2, 0) is 0 Å². The van der Waals surface area contributed by atoms with Gasteiger partial charge in [0, 0.05) is 12.4 Å². The Kier molecular flexibility index (Phi) is 2.19. The molecule has 0 saturated carbocycles. The lowest BCUT2D eigenvalue weighted by Crippen LogP contribution is -1.97. The normalized spacial score (nSPS) is 10.0. The van der Waals surface area contributed by atoms with E-state index in [1.807, 2.05) is 0 Å². The predicted molar refractivity (Wildman–Crippen MR) is 50.1 cm³/mol. The molecular formula is C8H5N3O2S. The maximum Gasteiger partial charge on any atom is 0.338 e. The standard InChI is InChI=1S/C8H5N3O2S/c12-8(13)5-4-11-14-6(5)7-9-2-1-3-10-7/h1-4H,(H,12,13). The van der Waals surface area contributed by atoms with Gasteiger partial charge >= 0.3 is 5.97 Å². The SMILES string of the molecule is O=C(O)c1cnsc1-c1ncccn1. The summed E-state index contributed by atoms with van der Waals surface area (Å²) in [5.74, 6) is -0.617. The molecule has 0 aromatic carbocycles. The molecule has 0 bridgehead atoms. The molecule has 2 rings (SSSR count). The van der Waals surface area contributed by atoms with Crippen molar-refractivity contribution in [3.05, 3.63) is 30.2 Å². The fourth-order valence-corrected chi connectivity index (χ4v) is 1.66. The number of nitrogens with zero attached hydrogens (tertiary/aromatic N) is 3. The highest BCUT2D eigenvalue weighted by Crippen LogP contribution is 2.23. The summed E-state index contributed by atoms with van der Waals surface area (Å²) >= 11 is 1.08. The van der Waals surface area contributed by atoms with Gasteiger partial charge in [0.05, 0.1) is 6.20 Å². The molecule has 0 fully saturated rings. The number of aromatic carboxylic acids is 1. The molecule has 1 N–H and O–H groups in total. The van der Waals surface area contributed by atoms with Gasteiger partial charge in [-0.2, -0.15) is 4.37 Å². The zero-order chi connectivity index (χ0) is 9.97. The maximum absolute atomic E-state index is 10.8. The molecule has 70 valence electrons. The summed E-state index contributed by atoms with van der Waals surface area (Å²) in [5, 5.41) is 8.83. The van der Waals surface area contributed by atoms with E-state index in [4.69, 9.17) is 5.11 Å². The summed E-state index contributed by atoms with van der Waals surface area (Å²) < 4.78 is 3.80. The lowest BCUT2D eigenvalue weighted by Gasteiger charge is -1.95. The molecule has 0 spiro atoms. The van der Waals surface area contributed by atoms with E-state index in [0.29, 0.717) is 10.7 Å². The molecule has 0 saturated heterocycles. The van der Waals surface area contributed by atoms with Gasteiger partial charge < -0.3 is 5.11 Å². The number of hydrogen-bond acceptors (Lipinski definition) is 5. The Hall–Kier alpha value is -1.82. The van der Waals surface area contributed by atoms with Crippen LogP contribution >= 0.6 is 11.5 Å². The molecule has 0 atom stereocenters. The van der Waals surface area contributed by atoms with Crippen molar-refractivity contribution in [2.75, 3.05) is 0 Å². The van der Waals surface area contributed by atoms with Gasteiger partial charge in [0.15, 0.2) is 5.82 Å². The molecule has 0 aliphatic rings. The minimum absolute atomic E-state index is 0.140. The zero-order valence-corrected chi connectivity index (χ0v) is 7.73. The highest BCUT2D eigenvalue weighted by Gasteiger charge is 2.15. The van der Waals surface area contributed by atoms with Crippen molar-refractivity contribution >= 4 is 17.5 Å². The van der Waals surface area contributed by atoms with Crippen molar-refractivity contribution in [1.82, 2.24) is 14.3 Å². The van der Waals surface area contributed by atoms with E-state index in [-0.39, 0.29) is 5.56 Å². The second-order valence-corrected chi connectivity index (χ2v) is 3.25. The van der Waals surface area contributed by atoms with Crippen LogP contribution in [0.4, 0.5) is 0 Å². The minimum Gasteiger partial charge on any atom is -0.478 e. The highest BCUT2D eigenvalue weighted by atomic mass is 32.1. The monoisotopic (exact) mass is 207 g/mol. The lowest BCUT2D eigenvalue weighted by molar-refractivity contribution is 0.0698. The minimum atomic E-state index is -1.01. The van der Waals surface area contributed by atoms with Crippen molar-refractivity contribution in [2.45, 2.75) is 0 Å². The summed E-state index contributed by atoms with van der Waals surface area (Å²) in [5.41, 5.74) is 0.140. The number of carboxylic acid groups (broad SMARTS) is 1. The van der Waals surface area contributed by atoms with Crippen LogP contribution in [0.3, 0.4) is 0 Å². The van der Waals surface area contributed by atoms with Crippen LogP contribution in [0.15, 0.2) is 24.7 Å². The second kappa shape index (κ2) is 3.51. The number of aromatic nitrogens is 3. The van der Waals surface area contributed by atoms with Gasteiger partial charge in [-0.1, -0.05) is 0 Å². The fourth-order valence-electron chi connectivity index (χ4n) is 0.970. The van der Waals surface area contributed by atoms with Crippen molar-refractivity contribution in [2.24, 2.45) is 0 Å². The second-order valence-electron chi connectivity index (χ2n) is 2.45. The third kappa shape index (κ3) is 1.47. The van der Waals surface area contributed by atoms with E-state index in [1.54, 1.807) is 18.5 Å². The summed E-state index contributed by atoms with van der Waals surface area (Å²) in [6.45, 7) is 0. The van der Waals surface area contributed by atoms with E-state index in [1.165, 1.54) is 6.20 Å². The van der Waals surface area contributed by atoms with Crippen LogP contribution in [0.5, 0.6) is 0 Å². The van der Waals surface area contributed by atoms with Crippen LogP contribution in [0.2, 0.25) is 0 Å².